The molecule has 17 heavy (non-hydrogen) atoms. The first-order chi connectivity index (χ1) is 8.09. The van der Waals surface area contributed by atoms with E-state index in [9.17, 15) is 0 Å². The fourth-order valence-electron chi connectivity index (χ4n) is 2.74. The van der Waals surface area contributed by atoms with E-state index in [2.05, 4.69) is 39.0 Å². The molecule has 0 amide bonds. The summed E-state index contributed by atoms with van der Waals surface area (Å²) in [6, 6.07) is 8.37. The maximum absolute atomic E-state index is 6.30. The minimum Gasteiger partial charge on any atom is -0.493 e. The van der Waals surface area contributed by atoms with Crippen molar-refractivity contribution in [2.75, 3.05) is 6.61 Å². The van der Waals surface area contributed by atoms with Gasteiger partial charge in [0.15, 0.2) is 0 Å². The van der Waals surface area contributed by atoms with Crippen molar-refractivity contribution in [2.45, 2.75) is 38.5 Å². The smallest absolute Gasteiger partial charge is 0.122 e. The van der Waals surface area contributed by atoms with Crippen molar-refractivity contribution in [2.24, 2.45) is 11.8 Å². The summed E-state index contributed by atoms with van der Waals surface area (Å²) in [5.74, 6) is 2.74. The van der Waals surface area contributed by atoms with E-state index < -0.39 is 0 Å². The van der Waals surface area contributed by atoms with Crippen LogP contribution in [0, 0.1) is 11.8 Å². The van der Waals surface area contributed by atoms with Crippen LogP contribution in [0.25, 0.3) is 0 Å². The topological polar surface area (TPSA) is 9.23 Å². The van der Waals surface area contributed by atoms with E-state index in [4.69, 9.17) is 16.3 Å². The van der Waals surface area contributed by atoms with Crippen molar-refractivity contribution in [1.82, 2.24) is 0 Å². The molecule has 0 aliphatic carbocycles. The summed E-state index contributed by atoms with van der Waals surface area (Å²) in [6.45, 7) is 7.43. The molecule has 0 spiro atoms. The lowest BCUT2D eigenvalue weighted by atomic mass is 9.82. The fraction of sp³-hybridized carbons (Fsp3) is 0.600. The SMILES string of the molecule is CC(C)C(CC1COc2ccccc21)C(C)Cl. The first kappa shape index (κ1) is 12.8. The lowest BCUT2D eigenvalue weighted by Gasteiger charge is -2.25. The molecule has 0 saturated carbocycles. The fourth-order valence-corrected chi connectivity index (χ4v) is 3.14. The number of hydrogen-bond acceptors (Lipinski definition) is 1. The van der Waals surface area contributed by atoms with E-state index >= 15 is 0 Å². The standard InChI is InChI=1S/C15H21ClO/c1-10(2)14(11(3)16)8-12-9-17-15-7-5-4-6-13(12)15/h4-7,10-12,14H,8-9H2,1-3H3. The van der Waals surface area contributed by atoms with Crippen LogP contribution in [0.3, 0.4) is 0 Å². The summed E-state index contributed by atoms with van der Waals surface area (Å²) >= 11 is 6.30. The van der Waals surface area contributed by atoms with E-state index in [1.165, 1.54) is 5.56 Å². The summed E-state index contributed by atoms with van der Waals surface area (Å²) in [7, 11) is 0. The van der Waals surface area contributed by atoms with E-state index in [0.29, 0.717) is 17.8 Å². The molecule has 1 heterocycles. The van der Waals surface area contributed by atoms with Crippen molar-refractivity contribution in [3.05, 3.63) is 29.8 Å². The van der Waals surface area contributed by atoms with Gasteiger partial charge in [-0.1, -0.05) is 32.0 Å². The molecule has 0 radical (unpaired) electrons. The van der Waals surface area contributed by atoms with Gasteiger partial charge in [-0.2, -0.15) is 0 Å². The highest BCUT2D eigenvalue weighted by molar-refractivity contribution is 6.20. The Hall–Kier alpha value is -0.690. The van der Waals surface area contributed by atoms with E-state index in [1.54, 1.807) is 0 Å². The zero-order valence-corrected chi connectivity index (χ0v) is 11.6. The zero-order chi connectivity index (χ0) is 12.4. The number of ether oxygens (including phenoxy) is 1. The summed E-state index contributed by atoms with van der Waals surface area (Å²) in [5.41, 5.74) is 1.36. The maximum atomic E-state index is 6.30. The second kappa shape index (κ2) is 5.30. The third-order valence-corrected chi connectivity index (χ3v) is 4.13. The Morgan fingerprint density at radius 1 is 1.29 bits per heavy atom. The molecule has 3 unspecified atom stereocenters. The van der Waals surface area contributed by atoms with Gasteiger partial charge in [0.25, 0.3) is 0 Å². The number of para-hydroxylation sites is 1. The quantitative estimate of drug-likeness (QED) is 0.720. The van der Waals surface area contributed by atoms with Gasteiger partial charge in [-0.05, 0) is 31.2 Å². The van der Waals surface area contributed by atoms with E-state index in [1.807, 2.05) is 6.07 Å². The van der Waals surface area contributed by atoms with Crippen LogP contribution in [0.1, 0.15) is 38.7 Å². The number of alkyl halides is 1. The number of rotatable bonds is 4. The van der Waals surface area contributed by atoms with Gasteiger partial charge in [-0.3, -0.25) is 0 Å². The molecular formula is C15H21ClO. The van der Waals surface area contributed by atoms with Crippen LogP contribution < -0.4 is 4.74 Å². The molecule has 1 aromatic rings. The average molecular weight is 253 g/mol. The van der Waals surface area contributed by atoms with Gasteiger partial charge in [0.2, 0.25) is 0 Å². The predicted molar refractivity (Wildman–Crippen MR) is 72.9 cm³/mol. The van der Waals surface area contributed by atoms with Crippen molar-refractivity contribution in [3.63, 3.8) is 0 Å². The van der Waals surface area contributed by atoms with Gasteiger partial charge >= 0.3 is 0 Å². The molecule has 94 valence electrons. The van der Waals surface area contributed by atoms with Crippen molar-refractivity contribution < 1.29 is 4.74 Å². The molecule has 1 aliphatic rings. The normalized spacial score (nSPS) is 22.1. The number of benzene rings is 1. The first-order valence-corrected chi connectivity index (χ1v) is 6.89. The van der Waals surface area contributed by atoms with Crippen LogP contribution in [0.5, 0.6) is 5.75 Å². The first-order valence-electron chi connectivity index (χ1n) is 6.45. The van der Waals surface area contributed by atoms with Crippen LogP contribution >= 0.6 is 11.6 Å². The summed E-state index contributed by atoms with van der Waals surface area (Å²) in [6.07, 6.45) is 1.12. The van der Waals surface area contributed by atoms with Crippen molar-refractivity contribution in [3.8, 4) is 5.75 Å². The molecule has 0 aromatic heterocycles. The monoisotopic (exact) mass is 252 g/mol. The number of hydrogen-bond donors (Lipinski definition) is 0. The molecule has 1 aliphatic heterocycles. The Balaban J connectivity index is 2.10. The molecule has 3 atom stereocenters. The van der Waals surface area contributed by atoms with Gasteiger partial charge in [0.1, 0.15) is 5.75 Å². The third kappa shape index (κ3) is 2.77. The Bertz CT molecular complexity index is 365. The maximum Gasteiger partial charge on any atom is 0.122 e. The minimum atomic E-state index is 0.225. The van der Waals surface area contributed by atoms with Gasteiger partial charge in [0, 0.05) is 16.9 Å². The molecular weight excluding hydrogens is 232 g/mol. The molecule has 0 bridgehead atoms. The van der Waals surface area contributed by atoms with Gasteiger partial charge in [0.05, 0.1) is 6.61 Å². The lowest BCUT2D eigenvalue weighted by Crippen LogP contribution is -2.21. The van der Waals surface area contributed by atoms with Gasteiger partial charge in [-0.25, -0.2) is 0 Å². The predicted octanol–water partition coefficient (Wildman–Crippen LogP) is 4.45. The largest absolute Gasteiger partial charge is 0.493 e. The Labute approximate surface area is 109 Å². The molecule has 2 rings (SSSR count). The van der Waals surface area contributed by atoms with Crippen molar-refractivity contribution >= 4 is 11.6 Å². The summed E-state index contributed by atoms with van der Waals surface area (Å²) in [4.78, 5) is 0. The number of halogens is 1. The van der Waals surface area contributed by atoms with Gasteiger partial charge in [-0.15, -0.1) is 11.6 Å². The highest BCUT2D eigenvalue weighted by Crippen LogP contribution is 2.39. The zero-order valence-electron chi connectivity index (χ0n) is 10.8. The highest BCUT2D eigenvalue weighted by Gasteiger charge is 2.29. The molecule has 1 nitrogen and oxygen atoms in total. The Kier molecular flexibility index (Phi) is 3.98. The van der Waals surface area contributed by atoms with E-state index in [0.717, 1.165) is 18.8 Å². The van der Waals surface area contributed by atoms with E-state index in [-0.39, 0.29) is 5.38 Å². The minimum absolute atomic E-state index is 0.225. The van der Waals surface area contributed by atoms with Crippen LogP contribution in [0.15, 0.2) is 24.3 Å². The second-order valence-electron chi connectivity index (χ2n) is 5.37. The lowest BCUT2D eigenvalue weighted by molar-refractivity contribution is 0.277. The van der Waals surface area contributed by atoms with Gasteiger partial charge < -0.3 is 4.74 Å². The van der Waals surface area contributed by atoms with Crippen LogP contribution in [-0.2, 0) is 0 Å². The van der Waals surface area contributed by atoms with Crippen LogP contribution in [0.4, 0.5) is 0 Å². The van der Waals surface area contributed by atoms with Crippen LogP contribution in [0.2, 0.25) is 0 Å². The Morgan fingerprint density at radius 3 is 2.65 bits per heavy atom. The third-order valence-electron chi connectivity index (χ3n) is 3.80. The summed E-state index contributed by atoms with van der Waals surface area (Å²) in [5, 5.41) is 0.225. The Morgan fingerprint density at radius 2 is 2.00 bits per heavy atom. The molecule has 2 heteroatoms. The van der Waals surface area contributed by atoms with Crippen molar-refractivity contribution in [1.29, 1.82) is 0 Å². The highest BCUT2D eigenvalue weighted by atomic mass is 35.5. The molecule has 0 N–H and O–H groups in total. The summed E-state index contributed by atoms with van der Waals surface area (Å²) < 4.78 is 5.73. The molecule has 0 fully saturated rings. The van der Waals surface area contributed by atoms with Crippen LogP contribution in [-0.4, -0.2) is 12.0 Å². The molecule has 1 aromatic carbocycles. The second-order valence-corrected chi connectivity index (χ2v) is 6.06. The number of fused-ring (bicyclic) bond motifs is 1. The average Bonchev–Trinajstić information content (AvgIpc) is 2.68. The molecule has 0 saturated heterocycles.